The molecule has 1 fully saturated rings. The van der Waals surface area contributed by atoms with Crippen molar-refractivity contribution in [3.05, 3.63) is 35.6 Å². The first-order valence-corrected chi connectivity index (χ1v) is 7.05. The van der Waals surface area contributed by atoms with E-state index in [9.17, 15) is 4.79 Å². The van der Waals surface area contributed by atoms with Gasteiger partial charge in [0, 0.05) is 49.6 Å². The van der Waals surface area contributed by atoms with Gasteiger partial charge in [-0.25, -0.2) is 4.98 Å². The Labute approximate surface area is 115 Å². The summed E-state index contributed by atoms with van der Waals surface area (Å²) in [6, 6.07) is 4.06. The summed E-state index contributed by atoms with van der Waals surface area (Å²) in [4.78, 5) is 23.6. The van der Waals surface area contributed by atoms with Crippen molar-refractivity contribution >= 4 is 28.4 Å². The van der Waals surface area contributed by atoms with E-state index >= 15 is 0 Å². The molecule has 0 amide bonds. The highest BCUT2D eigenvalue weighted by atomic mass is 32.1. The predicted molar refractivity (Wildman–Crippen MR) is 76.2 cm³/mol. The molecular formula is C13H14N4OS. The van der Waals surface area contributed by atoms with Crippen molar-refractivity contribution in [2.45, 2.75) is 0 Å². The number of carbonyl (C=O) groups excluding carboxylic acids is 1. The molecule has 5 nitrogen and oxygen atoms in total. The fourth-order valence-electron chi connectivity index (χ4n) is 2.19. The molecule has 0 bridgehead atoms. The van der Waals surface area contributed by atoms with Crippen LogP contribution in [0.1, 0.15) is 10.5 Å². The molecule has 3 heterocycles. The Bertz CT molecular complexity index is 549. The van der Waals surface area contributed by atoms with Gasteiger partial charge in [-0.05, 0) is 12.1 Å². The van der Waals surface area contributed by atoms with E-state index in [1.807, 2.05) is 24.5 Å². The van der Waals surface area contributed by atoms with E-state index in [2.05, 4.69) is 19.8 Å². The molecule has 2 aromatic rings. The lowest BCUT2D eigenvalue weighted by molar-refractivity contribution is 0.111. The number of piperazine rings is 1. The molecule has 1 aliphatic heterocycles. The predicted octanol–water partition coefficient (Wildman–Crippen LogP) is 1.68. The molecule has 0 atom stereocenters. The average molecular weight is 274 g/mol. The lowest BCUT2D eigenvalue weighted by Gasteiger charge is -2.35. The molecule has 1 aliphatic rings. The minimum atomic E-state index is 0.525. The van der Waals surface area contributed by atoms with Gasteiger partial charge in [-0.1, -0.05) is 0 Å². The van der Waals surface area contributed by atoms with E-state index in [4.69, 9.17) is 0 Å². The molecule has 1 saturated heterocycles. The molecule has 0 aliphatic carbocycles. The maximum Gasteiger partial charge on any atom is 0.186 e. The van der Waals surface area contributed by atoms with E-state index in [1.54, 1.807) is 5.38 Å². The highest BCUT2D eigenvalue weighted by Gasteiger charge is 2.19. The summed E-state index contributed by atoms with van der Waals surface area (Å²) < 4.78 is 0. The number of rotatable bonds is 3. The summed E-state index contributed by atoms with van der Waals surface area (Å²) in [5.41, 5.74) is 1.74. The third kappa shape index (κ3) is 2.58. The quantitative estimate of drug-likeness (QED) is 0.797. The van der Waals surface area contributed by atoms with Crippen LogP contribution in [0.5, 0.6) is 0 Å². The van der Waals surface area contributed by atoms with Crippen molar-refractivity contribution in [3.8, 4) is 0 Å². The third-order valence-electron chi connectivity index (χ3n) is 3.21. The number of thiazole rings is 1. The molecule has 0 spiro atoms. The van der Waals surface area contributed by atoms with Gasteiger partial charge in [0.15, 0.2) is 11.4 Å². The van der Waals surface area contributed by atoms with Gasteiger partial charge < -0.3 is 9.80 Å². The van der Waals surface area contributed by atoms with E-state index in [1.165, 1.54) is 17.0 Å². The van der Waals surface area contributed by atoms with E-state index < -0.39 is 0 Å². The fourth-order valence-corrected chi connectivity index (χ4v) is 3.01. The highest BCUT2D eigenvalue weighted by molar-refractivity contribution is 7.13. The second kappa shape index (κ2) is 5.36. The van der Waals surface area contributed by atoms with Gasteiger partial charge in [0.25, 0.3) is 0 Å². The smallest absolute Gasteiger partial charge is 0.186 e. The van der Waals surface area contributed by atoms with Crippen molar-refractivity contribution < 1.29 is 4.79 Å². The van der Waals surface area contributed by atoms with Crippen LogP contribution in [0.3, 0.4) is 0 Å². The molecular weight excluding hydrogens is 260 g/mol. The number of hydrogen-bond donors (Lipinski definition) is 0. The Morgan fingerprint density at radius 1 is 1.11 bits per heavy atom. The number of aldehydes is 1. The summed E-state index contributed by atoms with van der Waals surface area (Å²) >= 11 is 1.53. The number of anilines is 2. The highest BCUT2D eigenvalue weighted by Crippen LogP contribution is 2.22. The van der Waals surface area contributed by atoms with Gasteiger partial charge in [0.2, 0.25) is 0 Å². The van der Waals surface area contributed by atoms with E-state index in [0.717, 1.165) is 37.6 Å². The number of nitrogens with zero attached hydrogens (tertiary/aromatic N) is 4. The standard InChI is InChI=1S/C13H14N4OS/c18-9-11-10-19-13(15-11)17-7-5-16(6-8-17)12-1-3-14-4-2-12/h1-4,9-10H,5-8H2. The summed E-state index contributed by atoms with van der Waals surface area (Å²) in [6.45, 7) is 3.77. The summed E-state index contributed by atoms with van der Waals surface area (Å²) in [6.07, 6.45) is 4.44. The van der Waals surface area contributed by atoms with Crippen molar-refractivity contribution in [2.24, 2.45) is 0 Å². The van der Waals surface area contributed by atoms with Crippen LogP contribution in [0.2, 0.25) is 0 Å². The van der Waals surface area contributed by atoms with Crippen LogP contribution in [0.25, 0.3) is 0 Å². The van der Waals surface area contributed by atoms with Crippen molar-refractivity contribution in [1.29, 1.82) is 0 Å². The Hall–Kier alpha value is -1.95. The Kier molecular flexibility index (Phi) is 3.41. The number of aromatic nitrogens is 2. The Morgan fingerprint density at radius 3 is 2.42 bits per heavy atom. The molecule has 6 heteroatoms. The molecule has 2 aromatic heterocycles. The van der Waals surface area contributed by atoms with E-state index in [0.29, 0.717) is 5.69 Å². The zero-order valence-electron chi connectivity index (χ0n) is 10.4. The van der Waals surface area contributed by atoms with Crippen LogP contribution in [0, 0.1) is 0 Å². The lowest BCUT2D eigenvalue weighted by atomic mass is 10.3. The number of pyridine rings is 1. The normalized spacial score (nSPS) is 15.6. The van der Waals surface area contributed by atoms with Crippen molar-refractivity contribution in [3.63, 3.8) is 0 Å². The first-order chi connectivity index (χ1) is 9.36. The first-order valence-electron chi connectivity index (χ1n) is 6.17. The van der Waals surface area contributed by atoms with Crippen LogP contribution >= 0.6 is 11.3 Å². The minimum absolute atomic E-state index is 0.525. The van der Waals surface area contributed by atoms with E-state index in [-0.39, 0.29) is 0 Å². The van der Waals surface area contributed by atoms with Gasteiger partial charge in [0.1, 0.15) is 5.69 Å². The summed E-state index contributed by atoms with van der Waals surface area (Å²) in [5.74, 6) is 0. The second-order valence-electron chi connectivity index (χ2n) is 4.35. The molecule has 0 aromatic carbocycles. The molecule has 0 radical (unpaired) electrons. The molecule has 3 rings (SSSR count). The van der Waals surface area contributed by atoms with Gasteiger partial charge in [-0.2, -0.15) is 0 Å². The molecule has 0 saturated carbocycles. The zero-order chi connectivity index (χ0) is 13.1. The Morgan fingerprint density at radius 2 is 1.79 bits per heavy atom. The van der Waals surface area contributed by atoms with Crippen LogP contribution in [-0.2, 0) is 0 Å². The molecule has 19 heavy (non-hydrogen) atoms. The second-order valence-corrected chi connectivity index (χ2v) is 5.19. The van der Waals surface area contributed by atoms with Crippen LogP contribution in [0.15, 0.2) is 29.9 Å². The van der Waals surface area contributed by atoms with Crippen molar-refractivity contribution in [1.82, 2.24) is 9.97 Å². The molecule has 98 valence electrons. The average Bonchev–Trinajstić information content (AvgIpc) is 2.97. The zero-order valence-corrected chi connectivity index (χ0v) is 11.2. The fraction of sp³-hybridized carbons (Fsp3) is 0.308. The summed E-state index contributed by atoms with van der Waals surface area (Å²) in [5, 5.41) is 2.74. The third-order valence-corrected chi connectivity index (χ3v) is 4.13. The minimum Gasteiger partial charge on any atom is -0.368 e. The largest absolute Gasteiger partial charge is 0.368 e. The van der Waals surface area contributed by atoms with Gasteiger partial charge in [-0.3, -0.25) is 9.78 Å². The number of carbonyl (C=O) groups is 1. The Balaban J connectivity index is 1.65. The van der Waals surface area contributed by atoms with Crippen LogP contribution in [-0.4, -0.2) is 42.4 Å². The maximum absolute atomic E-state index is 10.7. The topological polar surface area (TPSA) is 49.3 Å². The molecule has 0 N–H and O–H groups in total. The van der Waals surface area contributed by atoms with Gasteiger partial charge in [-0.15, -0.1) is 11.3 Å². The van der Waals surface area contributed by atoms with Crippen LogP contribution in [0.4, 0.5) is 10.8 Å². The maximum atomic E-state index is 10.7. The van der Waals surface area contributed by atoms with Gasteiger partial charge >= 0.3 is 0 Å². The number of hydrogen-bond acceptors (Lipinski definition) is 6. The van der Waals surface area contributed by atoms with Crippen LogP contribution < -0.4 is 9.80 Å². The SMILES string of the molecule is O=Cc1csc(N2CCN(c3ccncc3)CC2)n1. The summed E-state index contributed by atoms with van der Waals surface area (Å²) in [7, 11) is 0. The molecule has 0 unspecified atom stereocenters. The first kappa shape index (κ1) is 12.1. The van der Waals surface area contributed by atoms with Gasteiger partial charge in [0.05, 0.1) is 0 Å². The monoisotopic (exact) mass is 274 g/mol. The lowest BCUT2D eigenvalue weighted by Crippen LogP contribution is -2.46. The van der Waals surface area contributed by atoms with Crippen molar-refractivity contribution in [2.75, 3.05) is 36.0 Å².